The molecule has 4 saturated heterocycles. The minimum absolute atomic E-state index is 0.138. The number of ether oxygens (including phenoxy) is 4. The zero-order chi connectivity index (χ0) is 23.2. The lowest BCUT2D eigenvalue weighted by Gasteiger charge is -2.60. The fraction of sp³-hybridized carbons (Fsp3) is 0.720. The number of primary amides is 1. The number of benzene rings is 1. The van der Waals surface area contributed by atoms with Crippen LogP contribution in [0.3, 0.4) is 0 Å². The third-order valence-electron chi connectivity index (χ3n) is 8.03. The van der Waals surface area contributed by atoms with Gasteiger partial charge in [0.1, 0.15) is 12.4 Å². The summed E-state index contributed by atoms with van der Waals surface area (Å²) in [6.45, 7) is 7.19. The number of fused-ring (bicyclic) bond motifs is 2. The molecule has 2 bridgehead atoms. The van der Waals surface area contributed by atoms with Crippen LogP contribution in [0.1, 0.15) is 52.0 Å². The van der Waals surface area contributed by atoms with Gasteiger partial charge in [-0.25, -0.2) is 9.78 Å². The van der Waals surface area contributed by atoms with Gasteiger partial charge >= 0.3 is 0 Å². The Balaban J connectivity index is 1.21. The lowest BCUT2D eigenvalue weighted by atomic mass is 9.58. The molecule has 8 nitrogen and oxygen atoms in total. The van der Waals surface area contributed by atoms with Crippen LogP contribution in [-0.2, 0) is 35.2 Å². The number of hydrogen-bond donors (Lipinski definition) is 1. The molecule has 0 radical (unpaired) electrons. The summed E-state index contributed by atoms with van der Waals surface area (Å²) in [5.74, 6) is 0.836. The maximum absolute atomic E-state index is 11.0. The van der Waals surface area contributed by atoms with Crippen LogP contribution in [0.2, 0.25) is 0 Å². The second-order valence-corrected chi connectivity index (χ2v) is 10.3. The first-order valence-corrected chi connectivity index (χ1v) is 12.1. The molecule has 0 aromatic heterocycles. The minimum Gasteiger partial charge on any atom is -0.491 e. The first kappa shape index (κ1) is 23.1. The van der Waals surface area contributed by atoms with Crippen molar-refractivity contribution in [3.8, 4) is 5.75 Å². The van der Waals surface area contributed by atoms with Gasteiger partial charge in [-0.05, 0) is 55.7 Å². The van der Waals surface area contributed by atoms with E-state index >= 15 is 0 Å². The third kappa shape index (κ3) is 4.17. The van der Waals surface area contributed by atoms with E-state index in [1.54, 1.807) is 0 Å². The van der Waals surface area contributed by atoms with E-state index in [0.717, 1.165) is 37.0 Å². The number of hydrogen-bond acceptors (Lipinski definition) is 7. The summed E-state index contributed by atoms with van der Waals surface area (Å²) in [7, 11) is 0. The van der Waals surface area contributed by atoms with Crippen molar-refractivity contribution in [1.29, 1.82) is 0 Å². The lowest BCUT2D eigenvalue weighted by Crippen LogP contribution is -2.70. The van der Waals surface area contributed by atoms with Crippen LogP contribution in [0.4, 0.5) is 0 Å². The minimum atomic E-state index is -0.785. The standard InChI is InChI=1S/C25H35NO7/c1-15-4-9-20-16(2)22(29-13-12-28-18-7-5-17(6-8-18)14-21(26)27)30-23-25(20)19(15)10-11-24(3,31-23)32-33-25/h5-8,15-16,19-20,22-23H,4,9-14H2,1-3H3,(H2,26,27)/t15-,16-,19?,20+,22+,23-,24-,25-/m1/s1. The van der Waals surface area contributed by atoms with Crippen molar-refractivity contribution in [2.24, 2.45) is 29.4 Å². The van der Waals surface area contributed by atoms with Gasteiger partial charge in [0.15, 0.2) is 18.2 Å². The van der Waals surface area contributed by atoms with Gasteiger partial charge in [-0.15, -0.1) is 0 Å². The molecular weight excluding hydrogens is 426 g/mol. The van der Waals surface area contributed by atoms with Crippen LogP contribution < -0.4 is 10.5 Å². The van der Waals surface area contributed by atoms with Gasteiger partial charge in [-0.1, -0.05) is 26.0 Å². The Morgan fingerprint density at radius 1 is 1.09 bits per heavy atom. The highest BCUT2D eigenvalue weighted by atomic mass is 17.3. The zero-order valence-corrected chi connectivity index (χ0v) is 19.7. The van der Waals surface area contributed by atoms with Gasteiger partial charge in [-0.2, -0.15) is 0 Å². The highest BCUT2D eigenvalue weighted by Crippen LogP contribution is 2.60. The smallest absolute Gasteiger partial charge is 0.221 e. The van der Waals surface area contributed by atoms with E-state index in [1.165, 1.54) is 0 Å². The van der Waals surface area contributed by atoms with Crippen molar-refractivity contribution in [3.05, 3.63) is 29.8 Å². The first-order chi connectivity index (χ1) is 15.8. The molecule has 1 aliphatic carbocycles. The topological polar surface area (TPSA) is 98.5 Å². The summed E-state index contributed by atoms with van der Waals surface area (Å²) in [6.07, 6.45) is 3.33. The van der Waals surface area contributed by atoms with Crippen LogP contribution in [0.25, 0.3) is 0 Å². The number of carbonyl (C=O) groups is 1. The maximum atomic E-state index is 11.0. The summed E-state index contributed by atoms with van der Waals surface area (Å²) in [4.78, 5) is 23.0. The molecule has 8 heteroatoms. The molecule has 2 N–H and O–H groups in total. The zero-order valence-electron chi connectivity index (χ0n) is 19.7. The number of amides is 1. The summed E-state index contributed by atoms with van der Waals surface area (Å²) in [5.41, 5.74) is 5.52. The molecule has 5 aliphatic rings. The maximum Gasteiger partial charge on any atom is 0.221 e. The Morgan fingerprint density at radius 2 is 1.88 bits per heavy atom. The van der Waals surface area contributed by atoms with Gasteiger partial charge in [-0.3, -0.25) is 4.79 Å². The molecule has 1 aromatic carbocycles. The van der Waals surface area contributed by atoms with Gasteiger partial charge in [0, 0.05) is 18.3 Å². The van der Waals surface area contributed by atoms with E-state index < -0.39 is 24.0 Å². The molecule has 1 saturated carbocycles. The molecule has 182 valence electrons. The van der Waals surface area contributed by atoms with Crippen molar-refractivity contribution in [3.63, 3.8) is 0 Å². The largest absolute Gasteiger partial charge is 0.491 e. The summed E-state index contributed by atoms with van der Waals surface area (Å²) in [6, 6.07) is 7.35. The second-order valence-electron chi connectivity index (χ2n) is 10.3. The van der Waals surface area contributed by atoms with Crippen molar-refractivity contribution >= 4 is 5.91 Å². The van der Waals surface area contributed by atoms with E-state index in [4.69, 9.17) is 34.5 Å². The summed E-state index contributed by atoms with van der Waals surface area (Å²) < 4.78 is 24.7. The van der Waals surface area contributed by atoms with E-state index in [0.29, 0.717) is 25.0 Å². The fourth-order valence-corrected chi connectivity index (χ4v) is 6.29. The normalized spacial score (nSPS) is 41.8. The molecule has 6 rings (SSSR count). The molecule has 5 fully saturated rings. The Labute approximate surface area is 194 Å². The molecule has 1 amide bonds. The molecule has 1 unspecified atom stereocenters. The Kier molecular flexibility index (Phi) is 6.16. The molecule has 33 heavy (non-hydrogen) atoms. The Bertz CT molecular complexity index is 863. The van der Waals surface area contributed by atoms with E-state index in [9.17, 15) is 4.79 Å². The Morgan fingerprint density at radius 3 is 2.64 bits per heavy atom. The van der Waals surface area contributed by atoms with Gasteiger partial charge in [0.05, 0.1) is 13.0 Å². The van der Waals surface area contributed by atoms with Crippen LogP contribution in [0, 0.1) is 23.7 Å². The van der Waals surface area contributed by atoms with Crippen LogP contribution in [-0.4, -0.2) is 43.1 Å². The quantitative estimate of drug-likeness (QED) is 0.491. The average molecular weight is 462 g/mol. The van der Waals surface area contributed by atoms with Crippen molar-refractivity contribution in [1.82, 2.24) is 0 Å². The van der Waals surface area contributed by atoms with Gasteiger partial charge in [0.2, 0.25) is 11.7 Å². The number of nitrogens with two attached hydrogens (primary N) is 1. The summed E-state index contributed by atoms with van der Waals surface area (Å²) >= 11 is 0. The third-order valence-corrected chi connectivity index (χ3v) is 8.03. The predicted octanol–water partition coefficient (Wildman–Crippen LogP) is 3.32. The lowest BCUT2D eigenvalue weighted by molar-refractivity contribution is -0.577. The molecule has 8 atom stereocenters. The van der Waals surface area contributed by atoms with E-state index in [1.807, 2.05) is 31.2 Å². The fourth-order valence-electron chi connectivity index (χ4n) is 6.29. The summed E-state index contributed by atoms with van der Waals surface area (Å²) in [5, 5.41) is 0. The number of rotatable bonds is 7. The highest BCUT2D eigenvalue weighted by molar-refractivity contribution is 5.76. The van der Waals surface area contributed by atoms with Gasteiger partial charge in [0.25, 0.3) is 0 Å². The molecule has 1 aromatic rings. The Hall–Kier alpha value is -1.71. The molecule has 4 aliphatic heterocycles. The first-order valence-electron chi connectivity index (χ1n) is 12.1. The number of carbonyl (C=O) groups excluding carboxylic acids is 1. The highest BCUT2D eigenvalue weighted by Gasteiger charge is 2.69. The second kappa shape index (κ2) is 8.82. The van der Waals surface area contributed by atoms with Crippen LogP contribution in [0.15, 0.2) is 24.3 Å². The average Bonchev–Trinajstić information content (AvgIpc) is 3.01. The monoisotopic (exact) mass is 461 g/mol. The van der Waals surface area contributed by atoms with Gasteiger partial charge < -0.3 is 24.7 Å². The SMILES string of the molecule is C[C@H]1[C@@H](OCCOc2ccc(CC(N)=O)cc2)O[C@@H]2O[C@@]3(C)CCC4[C@H](C)CC[C@@H]1[C@]42OO3. The predicted molar refractivity (Wildman–Crippen MR) is 118 cm³/mol. The van der Waals surface area contributed by atoms with E-state index in [-0.39, 0.29) is 24.2 Å². The molecule has 4 heterocycles. The van der Waals surface area contributed by atoms with E-state index in [2.05, 4.69) is 13.8 Å². The van der Waals surface area contributed by atoms with Crippen LogP contribution >= 0.6 is 0 Å². The molecular formula is C25H35NO7. The molecule has 1 spiro atoms. The van der Waals surface area contributed by atoms with Crippen LogP contribution in [0.5, 0.6) is 5.75 Å². The van der Waals surface area contributed by atoms with Crippen molar-refractivity contribution < 1.29 is 33.5 Å². The van der Waals surface area contributed by atoms with Crippen molar-refractivity contribution in [2.75, 3.05) is 13.2 Å². The van der Waals surface area contributed by atoms with Crippen molar-refractivity contribution in [2.45, 2.75) is 76.8 Å².